The molecule has 0 aliphatic carbocycles. The third kappa shape index (κ3) is 4.75. The standard InChI is InChI=1S/C13H18BrClO/c1-10(5-7-14)6-8-16-13-4-3-11(2)9-12(13)15/h3-4,9-10H,5-8H2,1-2H3. The molecule has 1 aromatic carbocycles. The lowest BCUT2D eigenvalue weighted by molar-refractivity contribution is 0.282. The number of hydrogen-bond acceptors (Lipinski definition) is 1. The largest absolute Gasteiger partial charge is 0.492 e. The number of rotatable bonds is 6. The predicted molar refractivity (Wildman–Crippen MR) is 73.9 cm³/mol. The third-order valence-electron chi connectivity index (χ3n) is 2.56. The maximum absolute atomic E-state index is 6.07. The summed E-state index contributed by atoms with van der Waals surface area (Å²) in [5.74, 6) is 1.47. The zero-order valence-electron chi connectivity index (χ0n) is 9.80. The van der Waals surface area contributed by atoms with Crippen LogP contribution in [-0.2, 0) is 0 Å². The molecule has 16 heavy (non-hydrogen) atoms. The van der Waals surface area contributed by atoms with Crippen molar-refractivity contribution in [2.24, 2.45) is 5.92 Å². The van der Waals surface area contributed by atoms with Gasteiger partial charge in [-0.1, -0.05) is 40.5 Å². The Hall–Kier alpha value is -0.210. The van der Waals surface area contributed by atoms with Gasteiger partial charge in [-0.2, -0.15) is 0 Å². The highest BCUT2D eigenvalue weighted by Gasteiger charge is 2.04. The molecule has 0 spiro atoms. The van der Waals surface area contributed by atoms with Gasteiger partial charge in [0.1, 0.15) is 5.75 Å². The van der Waals surface area contributed by atoms with Crippen molar-refractivity contribution in [3.05, 3.63) is 28.8 Å². The van der Waals surface area contributed by atoms with Crippen LogP contribution >= 0.6 is 27.5 Å². The molecule has 0 radical (unpaired) electrons. The quantitative estimate of drug-likeness (QED) is 0.683. The van der Waals surface area contributed by atoms with Gasteiger partial charge in [0.15, 0.2) is 0 Å². The summed E-state index contributed by atoms with van der Waals surface area (Å²) in [6.45, 7) is 4.99. The number of ether oxygens (including phenoxy) is 1. The fourth-order valence-electron chi connectivity index (χ4n) is 1.42. The highest BCUT2D eigenvalue weighted by Crippen LogP contribution is 2.25. The summed E-state index contributed by atoms with van der Waals surface area (Å²) >= 11 is 9.52. The molecule has 0 amide bonds. The van der Waals surface area contributed by atoms with E-state index in [4.69, 9.17) is 16.3 Å². The van der Waals surface area contributed by atoms with Crippen LogP contribution in [0.25, 0.3) is 0 Å². The Morgan fingerprint density at radius 3 is 2.75 bits per heavy atom. The van der Waals surface area contributed by atoms with Crippen molar-refractivity contribution in [2.45, 2.75) is 26.7 Å². The monoisotopic (exact) mass is 304 g/mol. The van der Waals surface area contributed by atoms with E-state index in [0.717, 1.165) is 29.7 Å². The van der Waals surface area contributed by atoms with Crippen LogP contribution in [0.2, 0.25) is 5.02 Å². The molecule has 0 aromatic heterocycles. The van der Waals surface area contributed by atoms with E-state index in [1.54, 1.807) is 0 Å². The molecule has 1 atom stereocenters. The maximum atomic E-state index is 6.07. The van der Waals surface area contributed by atoms with Crippen molar-refractivity contribution in [1.29, 1.82) is 0 Å². The lowest BCUT2D eigenvalue weighted by atomic mass is 10.1. The van der Waals surface area contributed by atoms with Gasteiger partial charge in [0, 0.05) is 5.33 Å². The molecular formula is C13H18BrClO. The molecule has 0 fully saturated rings. The third-order valence-corrected chi connectivity index (χ3v) is 3.31. The second kappa shape index (κ2) is 7.18. The molecule has 0 aliphatic rings. The second-order valence-electron chi connectivity index (χ2n) is 4.15. The first-order valence-corrected chi connectivity index (χ1v) is 7.08. The van der Waals surface area contributed by atoms with Gasteiger partial charge in [-0.15, -0.1) is 0 Å². The SMILES string of the molecule is Cc1ccc(OCCC(C)CCBr)c(Cl)c1. The van der Waals surface area contributed by atoms with Crippen molar-refractivity contribution >= 4 is 27.5 Å². The zero-order chi connectivity index (χ0) is 12.0. The van der Waals surface area contributed by atoms with Crippen LogP contribution < -0.4 is 4.74 Å². The minimum Gasteiger partial charge on any atom is -0.492 e. The zero-order valence-corrected chi connectivity index (χ0v) is 12.1. The van der Waals surface area contributed by atoms with Gasteiger partial charge in [-0.05, 0) is 43.4 Å². The smallest absolute Gasteiger partial charge is 0.137 e. The molecule has 3 heteroatoms. The Morgan fingerprint density at radius 2 is 2.12 bits per heavy atom. The van der Waals surface area contributed by atoms with Crippen LogP contribution in [-0.4, -0.2) is 11.9 Å². The molecule has 0 aliphatic heterocycles. The normalized spacial score (nSPS) is 12.5. The molecule has 0 heterocycles. The van der Waals surface area contributed by atoms with E-state index in [2.05, 4.69) is 22.9 Å². The molecule has 1 unspecified atom stereocenters. The van der Waals surface area contributed by atoms with Gasteiger partial charge >= 0.3 is 0 Å². The number of hydrogen-bond donors (Lipinski definition) is 0. The fourth-order valence-corrected chi connectivity index (χ4v) is 2.49. The van der Waals surface area contributed by atoms with E-state index in [0.29, 0.717) is 10.9 Å². The van der Waals surface area contributed by atoms with Gasteiger partial charge in [-0.3, -0.25) is 0 Å². The van der Waals surface area contributed by atoms with E-state index in [1.807, 2.05) is 25.1 Å². The molecule has 0 saturated carbocycles. The Kier molecular flexibility index (Phi) is 6.22. The van der Waals surface area contributed by atoms with Gasteiger partial charge in [0.05, 0.1) is 11.6 Å². The van der Waals surface area contributed by atoms with E-state index < -0.39 is 0 Å². The van der Waals surface area contributed by atoms with Crippen LogP contribution in [0.15, 0.2) is 18.2 Å². The van der Waals surface area contributed by atoms with Gasteiger partial charge in [0.25, 0.3) is 0 Å². The van der Waals surface area contributed by atoms with Gasteiger partial charge in [0.2, 0.25) is 0 Å². The molecule has 0 N–H and O–H groups in total. The Balaban J connectivity index is 2.37. The van der Waals surface area contributed by atoms with Crippen LogP contribution in [0.5, 0.6) is 5.75 Å². The highest BCUT2D eigenvalue weighted by molar-refractivity contribution is 9.09. The molecule has 1 nitrogen and oxygen atoms in total. The Bertz CT molecular complexity index is 328. The minimum atomic E-state index is 0.684. The number of halogens is 2. The number of alkyl halides is 1. The van der Waals surface area contributed by atoms with Crippen LogP contribution in [0, 0.1) is 12.8 Å². The van der Waals surface area contributed by atoms with Crippen LogP contribution in [0.1, 0.15) is 25.3 Å². The van der Waals surface area contributed by atoms with Crippen molar-refractivity contribution < 1.29 is 4.74 Å². The summed E-state index contributed by atoms with van der Waals surface area (Å²) < 4.78 is 5.66. The first kappa shape index (κ1) is 13.9. The topological polar surface area (TPSA) is 9.23 Å². The lowest BCUT2D eigenvalue weighted by Gasteiger charge is -2.12. The van der Waals surface area contributed by atoms with E-state index >= 15 is 0 Å². The fraction of sp³-hybridized carbons (Fsp3) is 0.538. The summed E-state index contributed by atoms with van der Waals surface area (Å²) in [6.07, 6.45) is 2.25. The molecule has 90 valence electrons. The summed E-state index contributed by atoms with van der Waals surface area (Å²) in [5.41, 5.74) is 1.16. The Morgan fingerprint density at radius 1 is 1.38 bits per heavy atom. The maximum Gasteiger partial charge on any atom is 0.137 e. The molecule has 0 bridgehead atoms. The van der Waals surface area contributed by atoms with Gasteiger partial charge < -0.3 is 4.74 Å². The van der Waals surface area contributed by atoms with Crippen molar-refractivity contribution in [2.75, 3.05) is 11.9 Å². The summed E-state index contributed by atoms with van der Waals surface area (Å²) in [4.78, 5) is 0. The molecule has 1 aromatic rings. The second-order valence-corrected chi connectivity index (χ2v) is 5.35. The van der Waals surface area contributed by atoms with E-state index in [1.165, 1.54) is 6.42 Å². The van der Waals surface area contributed by atoms with E-state index in [-0.39, 0.29) is 0 Å². The van der Waals surface area contributed by atoms with Crippen LogP contribution in [0.4, 0.5) is 0 Å². The first-order valence-electron chi connectivity index (χ1n) is 5.58. The number of aryl methyl sites for hydroxylation is 1. The van der Waals surface area contributed by atoms with Crippen molar-refractivity contribution in [3.63, 3.8) is 0 Å². The molecular weight excluding hydrogens is 287 g/mol. The van der Waals surface area contributed by atoms with Crippen LogP contribution in [0.3, 0.4) is 0 Å². The molecule has 1 rings (SSSR count). The van der Waals surface area contributed by atoms with Crippen molar-refractivity contribution in [3.8, 4) is 5.75 Å². The van der Waals surface area contributed by atoms with Gasteiger partial charge in [-0.25, -0.2) is 0 Å². The average Bonchev–Trinajstić information content (AvgIpc) is 2.22. The number of benzene rings is 1. The predicted octanol–water partition coefficient (Wildman–Crippen LogP) is 4.84. The lowest BCUT2D eigenvalue weighted by Crippen LogP contribution is -2.05. The summed E-state index contributed by atoms with van der Waals surface area (Å²) in [6, 6.07) is 5.88. The summed E-state index contributed by atoms with van der Waals surface area (Å²) in [5, 5.41) is 1.76. The highest BCUT2D eigenvalue weighted by atomic mass is 79.9. The first-order chi connectivity index (χ1) is 7.63. The van der Waals surface area contributed by atoms with E-state index in [9.17, 15) is 0 Å². The summed E-state index contributed by atoms with van der Waals surface area (Å²) in [7, 11) is 0. The average molecular weight is 306 g/mol. The minimum absolute atomic E-state index is 0.684. The Labute approximate surface area is 111 Å². The molecule has 0 saturated heterocycles. The van der Waals surface area contributed by atoms with Crippen molar-refractivity contribution in [1.82, 2.24) is 0 Å².